The Labute approximate surface area is 124 Å². The van der Waals surface area contributed by atoms with Crippen molar-refractivity contribution >= 4 is 28.8 Å². The highest BCUT2D eigenvalue weighted by atomic mass is 16.4. The average Bonchev–Trinajstić information content (AvgIpc) is 2.70. The van der Waals surface area contributed by atoms with Gasteiger partial charge in [0.05, 0.1) is 22.4 Å². The van der Waals surface area contributed by atoms with Crippen molar-refractivity contribution in [2.45, 2.75) is 45.4 Å². The summed E-state index contributed by atoms with van der Waals surface area (Å²) in [5, 5.41) is 9.83. The minimum Gasteiger partial charge on any atom is -0.478 e. The van der Waals surface area contributed by atoms with Crippen molar-refractivity contribution < 1.29 is 9.90 Å². The first-order valence-electron chi connectivity index (χ1n) is 7.00. The maximum atomic E-state index is 12.0. The van der Waals surface area contributed by atoms with Crippen molar-refractivity contribution in [1.29, 1.82) is 0 Å². The highest BCUT2D eigenvalue weighted by Gasteiger charge is 2.46. The number of carboxylic acids is 1. The Balaban J connectivity index is 2.44. The van der Waals surface area contributed by atoms with E-state index in [4.69, 9.17) is 0 Å². The van der Waals surface area contributed by atoms with Crippen LogP contribution in [0.5, 0.6) is 0 Å². The summed E-state index contributed by atoms with van der Waals surface area (Å²) in [6.45, 7) is 13.9. The standard InChI is InChI=1S/C17H18N2O2/c1-8-16(3,4)13-10(18-8)7-11-14(12(13)15(20)21)17(5,6)9(2)19-11/h7H,1H2,2-6H3/p+1. The van der Waals surface area contributed by atoms with Gasteiger partial charge >= 0.3 is 5.97 Å². The maximum absolute atomic E-state index is 12.0. The normalized spacial score (nSPS) is 20.6. The maximum Gasteiger partial charge on any atom is 0.336 e. The van der Waals surface area contributed by atoms with Gasteiger partial charge in [0.1, 0.15) is 6.92 Å². The predicted molar refractivity (Wildman–Crippen MR) is 84.7 cm³/mol. The molecule has 0 unspecified atom stereocenters. The first kappa shape index (κ1) is 13.9. The van der Waals surface area contributed by atoms with Gasteiger partial charge in [-0.3, -0.25) is 4.99 Å². The molecule has 0 fully saturated rings. The molecule has 4 heteroatoms. The lowest BCUT2D eigenvalue weighted by Crippen LogP contribution is -2.30. The summed E-state index contributed by atoms with van der Waals surface area (Å²) in [4.78, 5) is 21.0. The van der Waals surface area contributed by atoms with E-state index in [1.165, 1.54) is 0 Å². The quantitative estimate of drug-likeness (QED) is 0.793. The SMILES string of the molecule is [CH2+]C1=Nc2cc3c(c(C(=O)O)c2C1(C)C)C(C)(C)C(C)=N3. The molecule has 108 valence electrons. The van der Waals surface area contributed by atoms with Crippen LogP contribution in [0.15, 0.2) is 16.1 Å². The van der Waals surface area contributed by atoms with Crippen LogP contribution in [0.1, 0.15) is 56.1 Å². The van der Waals surface area contributed by atoms with Gasteiger partial charge in [0.25, 0.3) is 0 Å². The zero-order valence-electron chi connectivity index (χ0n) is 13.0. The number of aromatic carboxylic acids is 1. The van der Waals surface area contributed by atoms with E-state index in [1.54, 1.807) is 0 Å². The van der Waals surface area contributed by atoms with E-state index in [2.05, 4.69) is 16.9 Å². The van der Waals surface area contributed by atoms with Crippen LogP contribution in [0, 0.1) is 6.92 Å². The molecule has 2 heterocycles. The van der Waals surface area contributed by atoms with Gasteiger partial charge in [0.15, 0.2) is 0 Å². The topological polar surface area (TPSA) is 62.0 Å². The van der Waals surface area contributed by atoms with E-state index in [0.29, 0.717) is 17.0 Å². The Morgan fingerprint density at radius 1 is 1.10 bits per heavy atom. The lowest BCUT2D eigenvalue weighted by Gasteiger charge is -2.26. The van der Waals surface area contributed by atoms with Gasteiger partial charge in [-0.25, -0.2) is 9.79 Å². The molecular formula is C17H19N2O2+. The summed E-state index contributed by atoms with van der Waals surface area (Å²) in [7, 11) is 0. The van der Waals surface area contributed by atoms with Crippen molar-refractivity contribution in [1.82, 2.24) is 0 Å². The van der Waals surface area contributed by atoms with Gasteiger partial charge in [0, 0.05) is 22.3 Å². The molecule has 1 aromatic rings. The third-order valence-corrected chi connectivity index (χ3v) is 4.92. The summed E-state index contributed by atoms with van der Waals surface area (Å²) in [6, 6.07) is 1.90. The van der Waals surface area contributed by atoms with Crippen molar-refractivity contribution in [3.8, 4) is 0 Å². The highest BCUT2D eigenvalue weighted by Crippen LogP contribution is 2.51. The minimum absolute atomic E-state index is 0.348. The third-order valence-electron chi connectivity index (χ3n) is 4.92. The molecule has 2 aliphatic heterocycles. The lowest BCUT2D eigenvalue weighted by molar-refractivity contribution is 0.0693. The fourth-order valence-electron chi connectivity index (χ4n) is 3.24. The number of nitrogens with zero attached hydrogens (tertiary/aromatic N) is 2. The van der Waals surface area contributed by atoms with E-state index in [9.17, 15) is 9.90 Å². The fraction of sp³-hybridized carbons (Fsp3) is 0.412. The zero-order valence-corrected chi connectivity index (χ0v) is 13.0. The van der Waals surface area contributed by atoms with Gasteiger partial charge < -0.3 is 5.11 Å². The molecular weight excluding hydrogens is 264 g/mol. The summed E-state index contributed by atoms with van der Waals surface area (Å²) >= 11 is 0. The summed E-state index contributed by atoms with van der Waals surface area (Å²) in [5.74, 6) is -0.918. The molecule has 1 N–H and O–H groups in total. The number of fused-ring (bicyclic) bond motifs is 2. The first-order valence-corrected chi connectivity index (χ1v) is 7.00. The second-order valence-electron chi connectivity index (χ2n) is 6.85. The molecule has 0 radical (unpaired) electrons. The monoisotopic (exact) mass is 283 g/mol. The Bertz CT molecular complexity index is 698. The third kappa shape index (κ3) is 1.56. The van der Waals surface area contributed by atoms with Crippen molar-refractivity contribution in [2.24, 2.45) is 9.98 Å². The molecule has 0 bridgehead atoms. The number of hydrogen-bond donors (Lipinski definition) is 1. The zero-order chi connectivity index (χ0) is 15.7. The molecule has 0 atom stereocenters. The molecule has 1 aromatic carbocycles. The number of aliphatic imine (C=N–C) groups is 2. The van der Waals surface area contributed by atoms with E-state index in [-0.39, 0.29) is 5.41 Å². The molecule has 3 rings (SSSR count). The van der Waals surface area contributed by atoms with Crippen molar-refractivity contribution in [3.05, 3.63) is 29.7 Å². The molecule has 2 aliphatic rings. The van der Waals surface area contributed by atoms with Crippen molar-refractivity contribution in [2.75, 3.05) is 0 Å². The molecule has 0 aliphatic carbocycles. The van der Waals surface area contributed by atoms with Crippen LogP contribution in [-0.4, -0.2) is 22.5 Å². The molecule has 21 heavy (non-hydrogen) atoms. The van der Waals surface area contributed by atoms with Crippen LogP contribution in [0.4, 0.5) is 11.4 Å². The van der Waals surface area contributed by atoms with E-state index >= 15 is 0 Å². The summed E-state index contributed by atoms with van der Waals surface area (Å²) in [5.41, 5.74) is 4.10. The molecule has 0 spiro atoms. The molecule has 0 aromatic heterocycles. The van der Waals surface area contributed by atoms with Crippen LogP contribution in [-0.2, 0) is 10.8 Å². The molecule has 0 saturated heterocycles. The van der Waals surface area contributed by atoms with Crippen molar-refractivity contribution in [3.63, 3.8) is 0 Å². The number of hydrogen-bond acceptors (Lipinski definition) is 3. The summed E-state index contributed by atoms with van der Waals surface area (Å²) < 4.78 is 0. The van der Waals surface area contributed by atoms with Crippen LogP contribution < -0.4 is 0 Å². The Hall–Kier alpha value is -2.10. The van der Waals surface area contributed by atoms with E-state index < -0.39 is 11.4 Å². The second kappa shape index (κ2) is 3.75. The highest BCUT2D eigenvalue weighted by molar-refractivity contribution is 6.12. The minimum atomic E-state index is -0.918. The number of carboxylic acid groups (broad SMARTS) is 1. The van der Waals surface area contributed by atoms with Gasteiger partial charge in [-0.15, -0.1) is 0 Å². The van der Waals surface area contributed by atoms with E-state index in [0.717, 1.165) is 22.5 Å². The van der Waals surface area contributed by atoms with Gasteiger partial charge in [-0.2, -0.15) is 0 Å². The Kier molecular flexibility index (Phi) is 2.48. The number of benzene rings is 1. The second-order valence-corrected chi connectivity index (χ2v) is 6.85. The molecule has 4 nitrogen and oxygen atoms in total. The van der Waals surface area contributed by atoms with Crippen LogP contribution in [0.2, 0.25) is 0 Å². The van der Waals surface area contributed by atoms with Gasteiger partial charge in [-0.1, -0.05) is 13.8 Å². The lowest BCUT2D eigenvalue weighted by atomic mass is 9.73. The van der Waals surface area contributed by atoms with Gasteiger partial charge in [-0.05, 0) is 26.8 Å². The first-order chi connectivity index (χ1) is 9.58. The Morgan fingerprint density at radius 3 is 2.19 bits per heavy atom. The average molecular weight is 283 g/mol. The Morgan fingerprint density at radius 2 is 1.62 bits per heavy atom. The largest absolute Gasteiger partial charge is 0.478 e. The van der Waals surface area contributed by atoms with Crippen LogP contribution in [0.25, 0.3) is 0 Å². The van der Waals surface area contributed by atoms with E-state index in [1.807, 2.05) is 40.7 Å². The number of rotatable bonds is 1. The molecule has 0 saturated carbocycles. The fourth-order valence-corrected chi connectivity index (χ4v) is 3.24. The summed E-state index contributed by atoms with van der Waals surface area (Å²) in [6.07, 6.45) is 0. The van der Waals surface area contributed by atoms with Crippen LogP contribution >= 0.6 is 0 Å². The predicted octanol–water partition coefficient (Wildman–Crippen LogP) is 3.97. The number of carbonyl (C=O) groups is 1. The van der Waals surface area contributed by atoms with Gasteiger partial charge in [0.2, 0.25) is 5.71 Å². The smallest absolute Gasteiger partial charge is 0.336 e. The van der Waals surface area contributed by atoms with Crippen LogP contribution in [0.3, 0.4) is 0 Å². The molecule has 0 amide bonds.